The number of imide groups is 1. The SMILES string of the molecule is Cc1cccc(NC(=O)NC(=O)COC(=O)[C@H]2COc3ccccc3C2)c1C. The monoisotopic (exact) mass is 382 g/mol. The van der Waals surface area contributed by atoms with Gasteiger partial charge in [-0.15, -0.1) is 0 Å². The van der Waals surface area contributed by atoms with Crippen molar-refractivity contribution in [3.63, 3.8) is 0 Å². The van der Waals surface area contributed by atoms with Crippen LogP contribution in [-0.4, -0.2) is 31.1 Å². The minimum atomic E-state index is -0.701. The average Bonchev–Trinajstić information content (AvgIpc) is 2.69. The van der Waals surface area contributed by atoms with Crippen molar-refractivity contribution in [1.29, 1.82) is 0 Å². The molecule has 1 atom stereocenters. The van der Waals surface area contributed by atoms with Crippen LogP contribution >= 0.6 is 0 Å². The van der Waals surface area contributed by atoms with Crippen LogP contribution in [-0.2, 0) is 20.7 Å². The number of carbonyl (C=O) groups is 3. The van der Waals surface area contributed by atoms with Gasteiger partial charge in [-0.3, -0.25) is 14.9 Å². The largest absolute Gasteiger partial charge is 0.492 e. The van der Waals surface area contributed by atoms with Gasteiger partial charge in [-0.05, 0) is 49.1 Å². The van der Waals surface area contributed by atoms with Gasteiger partial charge in [0.05, 0.1) is 5.92 Å². The van der Waals surface area contributed by atoms with Crippen molar-refractivity contribution in [1.82, 2.24) is 5.32 Å². The maximum absolute atomic E-state index is 12.2. The Morgan fingerprint density at radius 2 is 1.89 bits per heavy atom. The van der Waals surface area contributed by atoms with Gasteiger partial charge in [-0.1, -0.05) is 30.3 Å². The Morgan fingerprint density at radius 1 is 1.11 bits per heavy atom. The summed E-state index contributed by atoms with van der Waals surface area (Å²) in [4.78, 5) is 36.1. The first-order chi connectivity index (χ1) is 13.4. The lowest BCUT2D eigenvalue weighted by molar-refractivity contribution is -0.153. The fraction of sp³-hybridized carbons (Fsp3) is 0.286. The quantitative estimate of drug-likeness (QED) is 0.793. The van der Waals surface area contributed by atoms with Crippen molar-refractivity contribution in [2.75, 3.05) is 18.5 Å². The lowest BCUT2D eigenvalue weighted by Crippen LogP contribution is -2.38. The summed E-state index contributed by atoms with van der Waals surface area (Å²) in [5.74, 6) is -0.952. The van der Waals surface area contributed by atoms with Crippen LogP contribution in [0.3, 0.4) is 0 Å². The van der Waals surface area contributed by atoms with Gasteiger partial charge in [0.2, 0.25) is 0 Å². The molecule has 1 aliphatic heterocycles. The minimum Gasteiger partial charge on any atom is -0.492 e. The number of fused-ring (bicyclic) bond motifs is 1. The first-order valence-corrected chi connectivity index (χ1v) is 8.98. The van der Waals surface area contributed by atoms with Crippen molar-refractivity contribution in [3.8, 4) is 5.75 Å². The summed E-state index contributed by atoms with van der Waals surface area (Å²) in [6.07, 6.45) is 0.490. The van der Waals surface area contributed by atoms with E-state index in [1.807, 2.05) is 50.2 Å². The number of hydrogen-bond donors (Lipinski definition) is 2. The molecular formula is C21H22N2O5. The predicted octanol–water partition coefficient (Wildman–Crippen LogP) is 2.75. The number of ether oxygens (including phenoxy) is 2. The molecule has 0 aromatic heterocycles. The predicted molar refractivity (Wildman–Crippen MR) is 103 cm³/mol. The van der Waals surface area contributed by atoms with Crippen molar-refractivity contribution < 1.29 is 23.9 Å². The molecular weight excluding hydrogens is 360 g/mol. The molecule has 1 heterocycles. The van der Waals surface area contributed by atoms with Crippen molar-refractivity contribution in [2.24, 2.45) is 5.92 Å². The molecule has 0 saturated carbocycles. The first-order valence-electron chi connectivity index (χ1n) is 8.98. The number of urea groups is 1. The summed E-state index contributed by atoms with van der Waals surface area (Å²) in [5, 5.41) is 4.76. The van der Waals surface area contributed by atoms with E-state index in [2.05, 4.69) is 10.6 Å². The number of carbonyl (C=O) groups excluding carboxylic acids is 3. The molecule has 0 fully saturated rings. The maximum Gasteiger partial charge on any atom is 0.325 e. The molecule has 0 spiro atoms. The highest BCUT2D eigenvalue weighted by atomic mass is 16.5. The van der Waals surface area contributed by atoms with E-state index < -0.39 is 30.4 Å². The normalized spacial score (nSPS) is 15.0. The zero-order chi connectivity index (χ0) is 20.1. The zero-order valence-electron chi connectivity index (χ0n) is 15.8. The van der Waals surface area contributed by atoms with Gasteiger partial charge >= 0.3 is 12.0 Å². The van der Waals surface area contributed by atoms with Crippen LogP contribution in [0.5, 0.6) is 5.75 Å². The van der Waals surface area contributed by atoms with Crippen LogP contribution in [0, 0.1) is 19.8 Å². The number of esters is 1. The third kappa shape index (κ3) is 4.68. The summed E-state index contributed by atoms with van der Waals surface area (Å²) >= 11 is 0. The Balaban J connectivity index is 1.46. The van der Waals surface area contributed by atoms with Gasteiger partial charge in [0, 0.05) is 5.69 Å². The Morgan fingerprint density at radius 3 is 2.71 bits per heavy atom. The summed E-state index contributed by atoms with van der Waals surface area (Å²) in [6.45, 7) is 3.47. The molecule has 28 heavy (non-hydrogen) atoms. The second-order valence-corrected chi connectivity index (χ2v) is 6.68. The Kier molecular flexibility index (Phi) is 5.93. The molecule has 0 radical (unpaired) electrons. The average molecular weight is 382 g/mol. The smallest absolute Gasteiger partial charge is 0.325 e. The number of aryl methyl sites for hydroxylation is 1. The standard InChI is InChI=1S/C21H22N2O5/c1-13-6-5-8-17(14(13)2)22-21(26)23-19(24)12-28-20(25)16-10-15-7-3-4-9-18(15)27-11-16/h3-9,16H,10-12H2,1-2H3,(H2,22,23,24,26)/t16-/m1/s1. The summed E-state index contributed by atoms with van der Waals surface area (Å²) < 4.78 is 10.6. The molecule has 1 aliphatic rings. The second kappa shape index (κ2) is 8.56. The van der Waals surface area contributed by atoms with Gasteiger partial charge in [-0.2, -0.15) is 0 Å². The highest BCUT2D eigenvalue weighted by molar-refractivity contribution is 6.02. The Hall–Kier alpha value is -3.35. The van der Waals surface area contributed by atoms with Crippen LogP contribution in [0.2, 0.25) is 0 Å². The van der Waals surface area contributed by atoms with Gasteiger partial charge in [0.1, 0.15) is 12.4 Å². The van der Waals surface area contributed by atoms with E-state index in [1.165, 1.54) is 0 Å². The molecule has 0 aliphatic carbocycles. The Bertz CT molecular complexity index is 909. The summed E-state index contributed by atoms with van der Waals surface area (Å²) in [5.41, 5.74) is 3.47. The number of rotatable bonds is 4. The van der Waals surface area contributed by atoms with E-state index in [9.17, 15) is 14.4 Å². The lowest BCUT2D eigenvalue weighted by Gasteiger charge is -2.23. The molecule has 0 bridgehead atoms. The number of anilines is 1. The number of hydrogen-bond acceptors (Lipinski definition) is 5. The summed E-state index contributed by atoms with van der Waals surface area (Å²) in [6, 6.07) is 12.3. The molecule has 0 unspecified atom stereocenters. The van der Waals surface area contributed by atoms with Crippen LogP contribution in [0.1, 0.15) is 16.7 Å². The van der Waals surface area contributed by atoms with Gasteiger partial charge in [0.15, 0.2) is 6.61 Å². The van der Waals surface area contributed by atoms with Crippen LogP contribution in [0.25, 0.3) is 0 Å². The fourth-order valence-electron chi connectivity index (χ4n) is 2.94. The lowest BCUT2D eigenvalue weighted by atomic mass is 9.97. The molecule has 7 nitrogen and oxygen atoms in total. The molecule has 2 N–H and O–H groups in total. The zero-order valence-corrected chi connectivity index (χ0v) is 15.8. The number of amides is 3. The molecule has 2 aromatic carbocycles. The minimum absolute atomic E-state index is 0.199. The highest BCUT2D eigenvalue weighted by Crippen LogP contribution is 2.27. The molecule has 146 valence electrons. The topological polar surface area (TPSA) is 93.7 Å². The molecule has 7 heteroatoms. The fourth-order valence-corrected chi connectivity index (χ4v) is 2.94. The van der Waals surface area contributed by atoms with Gasteiger partial charge in [-0.25, -0.2) is 4.79 Å². The Labute approximate surface area is 163 Å². The van der Waals surface area contributed by atoms with E-state index in [0.29, 0.717) is 12.1 Å². The van der Waals surface area contributed by atoms with Crippen LogP contribution in [0.4, 0.5) is 10.5 Å². The third-order valence-electron chi connectivity index (χ3n) is 4.66. The number of benzene rings is 2. The van der Waals surface area contributed by atoms with E-state index >= 15 is 0 Å². The first kappa shape index (κ1) is 19.4. The molecule has 2 aromatic rings. The van der Waals surface area contributed by atoms with Crippen molar-refractivity contribution >= 4 is 23.6 Å². The number of para-hydroxylation sites is 1. The second-order valence-electron chi connectivity index (χ2n) is 6.68. The molecule has 3 rings (SSSR count). The highest BCUT2D eigenvalue weighted by Gasteiger charge is 2.27. The maximum atomic E-state index is 12.2. The van der Waals surface area contributed by atoms with Crippen molar-refractivity contribution in [2.45, 2.75) is 20.3 Å². The number of nitrogens with one attached hydrogen (secondary N) is 2. The molecule has 3 amide bonds. The van der Waals surface area contributed by atoms with E-state index in [0.717, 1.165) is 22.4 Å². The van der Waals surface area contributed by atoms with Crippen LogP contribution in [0.15, 0.2) is 42.5 Å². The van der Waals surface area contributed by atoms with Crippen LogP contribution < -0.4 is 15.4 Å². The van der Waals surface area contributed by atoms with E-state index in [1.54, 1.807) is 6.07 Å². The molecule has 0 saturated heterocycles. The van der Waals surface area contributed by atoms with E-state index in [4.69, 9.17) is 9.47 Å². The van der Waals surface area contributed by atoms with E-state index in [-0.39, 0.29) is 6.61 Å². The third-order valence-corrected chi connectivity index (χ3v) is 4.66. The van der Waals surface area contributed by atoms with Gasteiger partial charge < -0.3 is 14.8 Å². The van der Waals surface area contributed by atoms with Gasteiger partial charge in [0.25, 0.3) is 5.91 Å². The van der Waals surface area contributed by atoms with Crippen molar-refractivity contribution in [3.05, 3.63) is 59.2 Å². The summed E-state index contributed by atoms with van der Waals surface area (Å²) in [7, 11) is 0.